The molecule has 0 fully saturated rings. The lowest BCUT2D eigenvalue weighted by molar-refractivity contribution is -0.143. The van der Waals surface area contributed by atoms with Crippen molar-refractivity contribution in [1.29, 1.82) is 5.26 Å². The van der Waals surface area contributed by atoms with E-state index in [2.05, 4.69) is 17.2 Å². The zero-order chi connectivity index (χ0) is 15.5. The maximum Gasteiger partial charge on any atom is 0.436 e. The van der Waals surface area contributed by atoms with Crippen molar-refractivity contribution in [2.75, 3.05) is 0 Å². The number of nitrogens with zero attached hydrogens (tertiary/aromatic N) is 4. The van der Waals surface area contributed by atoms with Gasteiger partial charge in [0, 0.05) is 0 Å². The molecule has 0 aliphatic rings. The molecule has 1 aromatic carbocycles. The van der Waals surface area contributed by atoms with E-state index in [-0.39, 0.29) is 5.69 Å². The summed E-state index contributed by atoms with van der Waals surface area (Å²) in [6, 6.07) is 8.05. The molecule has 4 nitrogen and oxygen atoms in total. The summed E-state index contributed by atoms with van der Waals surface area (Å²) < 4.78 is 39.7. The smallest absolute Gasteiger partial charge is 0.207 e. The summed E-state index contributed by atoms with van der Waals surface area (Å²) in [4.78, 5) is 0. The van der Waals surface area contributed by atoms with Crippen LogP contribution in [0.15, 0.2) is 24.3 Å². The molecule has 0 amide bonds. The average Bonchev–Trinajstić information content (AvgIpc) is 2.89. The minimum absolute atomic E-state index is 0.233. The second-order valence-electron chi connectivity index (χ2n) is 4.58. The molecular formula is C14H13F3N4. The van der Waals surface area contributed by atoms with E-state index in [0.29, 0.717) is 4.68 Å². The first-order valence-corrected chi connectivity index (χ1v) is 6.49. The Balaban J connectivity index is 2.39. The Hall–Kier alpha value is -2.36. The molecular weight excluding hydrogens is 281 g/mol. The monoisotopic (exact) mass is 294 g/mol. The van der Waals surface area contributed by atoms with Gasteiger partial charge in [0.2, 0.25) is 0 Å². The SMILES string of the molecule is CCCCc1ccc(-n2nnc(C#N)c2C(F)(F)F)cc1. The number of alkyl halides is 3. The Morgan fingerprint density at radius 2 is 1.90 bits per heavy atom. The molecule has 1 heterocycles. The number of aromatic nitrogens is 3. The van der Waals surface area contributed by atoms with E-state index in [1.54, 1.807) is 24.3 Å². The maximum absolute atomic E-state index is 13.0. The van der Waals surface area contributed by atoms with Crippen molar-refractivity contribution < 1.29 is 13.2 Å². The second kappa shape index (κ2) is 5.95. The van der Waals surface area contributed by atoms with Crippen LogP contribution in [-0.4, -0.2) is 15.0 Å². The van der Waals surface area contributed by atoms with Crippen molar-refractivity contribution in [2.45, 2.75) is 32.4 Å². The first-order chi connectivity index (χ1) is 9.97. The van der Waals surface area contributed by atoms with E-state index in [1.165, 1.54) is 6.07 Å². The van der Waals surface area contributed by atoms with Crippen LogP contribution in [0.4, 0.5) is 13.2 Å². The highest BCUT2D eigenvalue weighted by molar-refractivity contribution is 5.39. The van der Waals surface area contributed by atoms with E-state index < -0.39 is 17.6 Å². The van der Waals surface area contributed by atoms with Gasteiger partial charge in [-0.2, -0.15) is 18.4 Å². The van der Waals surface area contributed by atoms with E-state index in [4.69, 9.17) is 5.26 Å². The molecule has 0 radical (unpaired) electrons. The third kappa shape index (κ3) is 3.21. The predicted molar refractivity (Wildman–Crippen MR) is 69.7 cm³/mol. The van der Waals surface area contributed by atoms with Gasteiger partial charge in [0.1, 0.15) is 6.07 Å². The molecule has 2 aromatic rings. The summed E-state index contributed by atoms with van der Waals surface area (Å²) in [7, 11) is 0. The summed E-state index contributed by atoms with van der Waals surface area (Å²) in [5.74, 6) is 0. The van der Waals surface area contributed by atoms with E-state index in [9.17, 15) is 13.2 Å². The molecule has 1 aromatic heterocycles. The lowest BCUT2D eigenvalue weighted by atomic mass is 10.1. The third-order valence-electron chi connectivity index (χ3n) is 3.04. The number of nitriles is 1. The van der Waals surface area contributed by atoms with Crippen molar-refractivity contribution in [1.82, 2.24) is 15.0 Å². The van der Waals surface area contributed by atoms with Gasteiger partial charge in [-0.1, -0.05) is 30.7 Å². The summed E-state index contributed by atoms with van der Waals surface area (Å²) >= 11 is 0. The van der Waals surface area contributed by atoms with Crippen LogP contribution in [0.2, 0.25) is 0 Å². The molecule has 0 saturated carbocycles. The summed E-state index contributed by atoms with van der Waals surface area (Å²) in [6.45, 7) is 2.07. The highest BCUT2D eigenvalue weighted by atomic mass is 19.4. The highest BCUT2D eigenvalue weighted by Gasteiger charge is 2.40. The summed E-state index contributed by atoms with van der Waals surface area (Å²) in [5, 5.41) is 15.4. The molecule has 0 unspecified atom stereocenters. The van der Waals surface area contributed by atoms with Gasteiger partial charge in [-0.25, -0.2) is 4.68 Å². The third-order valence-corrected chi connectivity index (χ3v) is 3.04. The zero-order valence-corrected chi connectivity index (χ0v) is 11.4. The van der Waals surface area contributed by atoms with Gasteiger partial charge in [-0.15, -0.1) is 5.10 Å². The standard InChI is InChI=1S/C14H13F3N4/c1-2-3-4-10-5-7-11(8-6-10)21-13(14(15,16)17)12(9-18)19-20-21/h5-8H,2-4H2,1H3. The first-order valence-electron chi connectivity index (χ1n) is 6.49. The molecule has 21 heavy (non-hydrogen) atoms. The normalized spacial score (nSPS) is 11.4. The number of aryl methyl sites for hydroxylation is 1. The number of benzene rings is 1. The van der Waals surface area contributed by atoms with E-state index >= 15 is 0 Å². The van der Waals surface area contributed by atoms with Crippen molar-refractivity contribution >= 4 is 0 Å². The van der Waals surface area contributed by atoms with Crippen molar-refractivity contribution in [3.8, 4) is 11.8 Å². The number of unbranched alkanes of at least 4 members (excludes halogenated alkanes) is 1. The molecule has 0 spiro atoms. The number of halogens is 3. The Morgan fingerprint density at radius 3 is 2.43 bits per heavy atom. The van der Waals surface area contributed by atoms with Crippen LogP contribution in [0.1, 0.15) is 36.7 Å². The van der Waals surface area contributed by atoms with Crippen LogP contribution in [0.3, 0.4) is 0 Å². The van der Waals surface area contributed by atoms with Crippen LogP contribution >= 0.6 is 0 Å². The van der Waals surface area contributed by atoms with Crippen molar-refractivity contribution in [3.05, 3.63) is 41.2 Å². The molecule has 2 rings (SSSR count). The Morgan fingerprint density at radius 1 is 1.24 bits per heavy atom. The second-order valence-corrected chi connectivity index (χ2v) is 4.58. The zero-order valence-electron chi connectivity index (χ0n) is 11.4. The van der Waals surface area contributed by atoms with Crippen LogP contribution in [0.5, 0.6) is 0 Å². The molecule has 7 heteroatoms. The van der Waals surface area contributed by atoms with E-state index in [1.807, 2.05) is 0 Å². The van der Waals surface area contributed by atoms with Crippen LogP contribution in [0, 0.1) is 11.3 Å². The van der Waals surface area contributed by atoms with Crippen LogP contribution in [-0.2, 0) is 12.6 Å². The lowest BCUT2D eigenvalue weighted by Gasteiger charge is -2.10. The minimum atomic E-state index is -4.69. The maximum atomic E-state index is 13.0. The van der Waals surface area contributed by atoms with Gasteiger partial charge in [0.25, 0.3) is 0 Å². The number of rotatable bonds is 4. The van der Waals surface area contributed by atoms with Gasteiger partial charge in [0.15, 0.2) is 11.4 Å². The number of hydrogen-bond donors (Lipinski definition) is 0. The Kier molecular flexibility index (Phi) is 4.26. The molecule has 0 N–H and O–H groups in total. The Labute approximate surface area is 119 Å². The predicted octanol–water partition coefficient (Wildman–Crippen LogP) is 3.50. The fourth-order valence-electron chi connectivity index (χ4n) is 1.98. The summed E-state index contributed by atoms with van der Waals surface area (Å²) in [6.07, 6.45) is -1.73. The summed E-state index contributed by atoms with van der Waals surface area (Å²) in [5.41, 5.74) is -0.588. The lowest BCUT2D eigenvalue weighted by Crippen LogP contribution is -2.14. The van der Waals surface area contributed by atoms with Crippen molar-refractivity contribution in [2.24, 2.45) is 0 Å². The quantitative estimate of drug-likeness (QED) is 0.867. The fraction of sp³-hybridized carbons (Fsp3) is 0.357. The molecule has 110 valence electrons. The van der Waals surface area contributed by atoms with Gasteiger partial charge < -0.3 is 0 Å². The average molecular weight is 294 g/mol. The van der Waals surface area contributed by atoms with Gasteiger partial charge in [-0.05, 0) is 30.5 Å². The molecule has 0 atom stereocenters. The fourth-order valence-corrected chi connectivity index (χ4v) is 1.98. The minimum Gasteiger partial charge on any atom is -0.207 e. The van der Waals surface area contributed by atoms with Crippen LogP contribution < -0.4 is 0 Å². The largest absolute Gasteiger partial charge is 0.436 e. The molecule has 0 saturated heterocycles. The number of hydrogen-bond acceptors (Lipinski definition) is 3. The van der Waals surface area contributed by atoms with Gasteiger partial charge in [-0.3, -0.25) is 0 Å². The molecule has 0 aliphatic heterocycles. The van der Waals surface area contributed by atoms with Gasteiger partial charge >= 0.3 is 6.18 Å². The van der Waals surface area contributed by atoms with E-state index in [0.717, 1.165) is 24.8 Å². The Bertz CT molecular complexity index is 650. The molecule has 0 bridgehead atoms. The van der Waals surface area contributed by atoms with Gasteiger partial charge in [0.05, 0.1) is 5.69 Å². The van der Waals surface area contributed by atoms with Crippen molar-refractivity contribution in [3.63, 3.8) is 0 Å². The first kappa shape index (κ1) is 15.0. The molecule has 0 aliphatic carbocycles. The van der Waals surface area contributed by atoms with Crippen LogP contribution in [0.25, 0.3) is 5.69 Å². The highest BCUT2D eigenvalue weighted by Crippen LogP contribution is 2.32. The topological polar surface area (TPSA) is 54.5 Å².